The molecular weight excluding hydrogens is 408 g/mol. The lowest BCUT2D eigenvalue weighted by molar-refractivity contribution is 0.100. The maximum absolute atomic E-state index is 12.0. The summed E-state index contributed by atoms with van der Waals surface area (Å²) in [5.41, 5.74) is 9.41. The Labute approximate surface area is 175 Å². The number of aromatic nitrogens is 4. The van der Waals surface area contributed by atoms with Crippen molar-refractivity contribution in [2.45, 2.75) is 6.92 Å². The Morgan fingerprint density at radius 2 is 1.97 bits per heavy atom. The van der Waals surface area contributed by atoms with Crippen molar-refractivity contribution in [1.82, 2.24) is 19.9 Å². The van der Waals surface area contributed by atoms with Gasteiger partial charge in [0.2, 0.25) is 0 Å². The number of carbonyl (C=O) groups is 1. The molecule has 1 aromatic carbocycles. The van der Waals surface area contributed by atoms with Crippen molar-refractivity contribution in [2.75, 3.05) is 5.32 Å². The molecule has 9 heteroatoms. The predicted octanol–water partition coefficient (Wildman–Crippen LogP) is 4.47. The third kappa shape index (κ3) is 3.94. The Hall–Kier alpha value is -3.36. The van der Waals surface area contributed by atoms with Gasteiger partial charge in [0.15, 0.2) is 5.13 Å². The molecular formula is C20H15ClN6OS. The first-order chi connectivity index (χ1) is 14.0. The highest BCUT2D eigenvalue weighted by atomic mass is 35.5. The number of amides is 1. The number of rotatable bonds is 5. The fraction of sp³-hybridized carbons (Fsp3) is 0.0500. The molecule has 3 heterocycles. The molecule has 0 fully saturated rings. The number of hydrogen-bond donors (Lipinski definition) is 2. The largest absolute Gasteiger partial charge is 0.365 e. The van der Waals surface area contributed by atoms with E-state index >= 15 is 0 Å². The first-order valence-electron chi connectivity index (χ1n) is 8.57. The number of carbonyl (C=O) groups excluding carboxylic acids is 1. The van der Waals surface area contributed by atoms with Crippen LogP contribution in [-0.2, 0) is 0 Å². The lowest BCUT2D eigenvalue weighted by Gasteiger charge is -2.07. The van der Waals surface area contributed by atoms with Gasteiger partial charge in [-0.05, 0) is 36.2 Å². The van der Waals surface area contributed by atoms with Crippen molar-refractivity contribution in [1.29, 1.82) is 0 Å². The van der Waals surface area contributed by atoms with Gasteiger partial charge in [-0.2, -0.15) is 0 Å². The van der Waals surface area contributed by atoms with Crippen LogP contribution in [-0.4, -0.2) is 25.8 Å². The van der Waals surface area contributed by atoms with Crippen LogP contribution in [0, 0.1) is 6.92 Å². The normalized spacial score (nSPS) is 10.7. The molecule has 3 N–H and O–H groups in total. The Morgan fingerprint density at radius 3 is 2.69 bits per heavy atom. The zero-order valence-electron chi connectivity index (χ0n) is 15.3. The van der Waals surface area contributed by atoms with Crippen LogP contribution in [0.2, 0.25) is 5.02 Å². The van der Waals surface area contributed by atoms with Crippen molar-refractivity contribution >= 4 is 39.8 Å². The standard InChI is InChI=1S/C20H15ClN6OS/c1-11-3-2-4-14(21)16(11)17-18(19(22)28)29-20(27-17)26-15-7-12(5-6-25-15)13-8-23-10-24-9-13/h2-10H,1H3,(H2,22,28)(H,25,26,27). The van der Waals surface area contributed by atoms with Crippen molar-refractivity contribution in [3.63, 3.8) is 0 Å². The molecule has 0 aliphatic rings. The van der Waals surface area contributed by atoms with Gasteiger partial charge < -0.3 is 11.1 Å². The number of benzene rings is 1. The third-order valence-electron chi connectivity index (χ3n) is 4.20. The van der Waals surface area contributed by atoms with Gasteiger partial charge in [-0.15, -0.1) is 0 Å². The molecule has 4 rings (SSSR count). The summed E-state index contributed by atoms with van der Waals surface area (Å²) in [4.78, 5) is 29.3. The molecule has 0 spiro atoms. The summed E-state index contributed by atoms with van der Waals surface area (Å²) in [6.07, 6.45) is 6.59. The number of hydrogen-bond acceptors (Lipinski definition) is 7. The van der Waals surface area contributed by atoms with Crippen molar-refractivity contribution in [3.8, 4) is 22.4 Å². The lowest BCUT2D eigenvalue weighted by atomic mass is 10.0. The highest BCUT2D eigenvalue weighted by Gasteiger charge is 2.21. The summed E-state index contributed by atoms with van der Waals surface area (Å²) in [6.45, 7) is 1.91. The van der Waals surface area contributed by atoms with Gasteiger partial charge in [-0.25, -0.2) is 19.9 Å². The summed E-state index contributed by atoms with van der Waals surface area (Å²) in [5.74, 6) is 0.00608. The molecule has 0 unspecified atom stereocenters. The first kappa shape index (κ1) is 19.0. The van der Waals surface area contributed by atoms with E-state index in [2.05, 4.69) is 25.3 Å². The zero-order chi connectivity index (χ0) is 20.4. The van der Waals surface area contributed by atoms with Crippen molar-refractivity contribution in [2.24, 2.45) is 5.73 Å². The zero-order valence-corrected chi connectivity index (χ0v) is 16.8. The second kappa shape index (κ2) is 7.94. The van der Waals surface area contributed by atoms with Crippen LogP contribution in [0.15, 0.2) is 55.2 Å². The van der Waals surface area contributed by atoms with E-state index in [-0.39, 0.29) is 0 Å². The highest BCUT2D eigenvalue weighted by molar-refractivity contribution is 7.18. The quantitative estimate of drug-likeness (QED) is 0.491. The van der Waals surface area contributed by atoms with E-state index in [0.717, 1.165) is 28.0 Å². The monoisotopic (exact) mass is 422 g/mol. The predicted molar refractivity (Wildman–Crippen MR) is 114 cm³/mol. The van der Waals surface area contributed by atoms with Gasteiger partial charge in [0.05, 0.1) is 10.7 Å². The van der Waals surface area contributed by atoms with Gasteiger partial charge >= 0.3 is 0 Å². The van der Waals surface area contributed by atoms with E-state index in [0.29, 0.717) is 32.1 Å². The summed E-state index contributed by atoms with van der Waals surface area (Å²) in [7, 11) is 0. The molecule has 144 valence electrons. The maximum atomic E-state index is 12.0. The van der Waals surface area contributed by atoms with Crippen molar-refractivity contribution < 1.29 is 4.79 Å². The lowest BCUT2D eigenvalue weighted by Crippen LogP contribution is -2.10. The second-order valence-electron chi connectivity index (χ2n) is 6.17. The molecule has 0 saturated heterocycles. The highest BCUT2D eigenvalue weighted by Crippen LogP contribution is 2.37. The second-order valence-corrected chi connectivity index (χ2v) is 7.58. The van der Waals surface area contributed by atoms with Gasteiger partial charge in [-0.3, -0.25) is 4.79 Å². The van der Waals surface area contributed by atoms with Crippen molar-refractivity contribution in [3.05, 3.63) is 70.7 Å². The molecule has 0 aliphatic carbocycles. The van der Waals surface area contributed by atoms with Gasteiger partial charge in [0.25, 0.3) is 5.91 Å². The topological polar surface area (TPSA) is 107 Å². The molecule has 0 atom stereocenters. The SMILES string of the molecule is Cc1cccc(Cl)c1-c1nc(Nc2cc(-c3cncnc3)ccn2)sc1C(N)=O. The molecule has 0 aliphatic heterocycles. The Kier molecular flexibility index (Phi) is 5.20. The van der Waals surface area contributed by atoms with E-state index in [9.17, 15) is 4.79 Å². The number of nitrogens with zero attached hydrogens (tertiary/aromatic N) is 4. The van der Waals surface area contributed by atoms with Crippen LogP contribution in [0.3, 0.4) is 0 Å². The fourth-order valence-electron chi connectivity index (χ4n) is 2.88. The average molecular weight is 423 g/mol. The number of primary amides is 1. The minimum atomic E-state index is -0.562. The van der Waals surface area contributed by atoms with E-state index in [1.54, 1.807) is 24.7 Å². The number of nitrogens with two attached hydrogens (primary N) is 1. The Morgan fingerprint density at radius 1 is 1.17 bits per heavy atom. The minimum Gasteiger partial charge on any atom is -0.365 e. The number of nitrogens with one attached hydrogen (secondary N) is 1. The van der Waals surface area contributed by atoms with E-state index in [4.69, 9.17) is 17.3 Å². The van der Waals surface area contributed by atoms with Crippen LogP contribution >= 0.6 is 22.9 Å². The smallest absolute Gasteiger partial charge is 0.261 e. The van der Waals surface area contributed by atoms with Gasteiger partial charge in [-0.1, -0.05) is 35.1 Å². The molecule has 1 amide bonds. The number of halogens is 1. The fourth-order valence-corrected chi connectivity index (χ4v) is 4.02. The first-order valence-corrected chi connectivity index (χ1v) is 9.77. The van der Waals surface area contributed by atoms with E-state index < -0.39 is 5.91 Å². The molecule has 4 aromatic rings. The summed E-state index contributed by atoms with van der Waals surface area (Å²) < 4.78 is 0. The van der Waals surface area contributed by atoms with E-state index in [1.807, 2.05) is 31.2 Å². The van der Waals surface area contributed by atoms with Crippen LogP contribution in [0.5, 0.6) is 0 Å². The third-order valence-corrected chi connectivity index (χ3v) is 5.50. The molecule has 29 heavy (non-hydrogen) atoms. The van der Waals surface area contributed by atoms with Gasteiger partial charge in [0, 0.05) is 29.7 Å². The Balaban J connectivity index is 1.72. The molecule has 0 saturated carbocycles. The number of aryl methyl sites for hydroxylation is 1. The van der Waals surface area contributed by atoms with E-state index in [1.165, 1.54) is 6.33 Å². The Bertz CT molecular complexity index is 1170. The number of thiazole rings is 1. The average Bonchev–Trinajstić information content (AvgIpc) is 3.12. The molecule has 0 radical (unpaired) electrons. The molecule has 7 nitrogen and oxygen atoms in total. The van der Waals surface area contributed by atoms with Crippen LogP contribution in [0.25, 0.3) is 22.4 Å². The van der Waals surface area contributed by atoms with Crippen LogP contribution in [0.1, 0.15) is 15.2 Å². The summed E-state index contributed by atoms with van der Waals surface area (Å²) >= 11 is 7.52. The molecule has 0 bridgehead atoms. The summed E-state index contributed by atoms with van der Waals surface area (Å²) in [6, 6.07) is 9.22. The number of pyridine rings is 1. The maximum Gasteiger partial charge on any atom is 0.261 e. The molecule has 3 aromatic heterocycles. The van der Waals surface area contributed by atoms with Crippen LogP contribution in [0.4, 0.5) is 10.9 Å². The number of anilines is 2. The summed E-state index contributed by atoms with van der Waals surface area (Å²) in [5, 5.41) is 4.14. The minimum absolute atomic E-state index is 0.330. The van der Waals surface area contributed by atoms with Crippen LogP contribution < -0.4 is 11.1 Å². The van der Waals surface area contributed by atoms with Gasteiger partial charge in [0.1, 0.15) is 17.0 Å².